The summed E-state index contributed by atoms with van der Waals surface area (Å²) >= 11 is 6.13. The van der Waals surface area contributed by atoms with Crippen LogP contribution >= 0.6 is 11.6 Å². The van der Waals surface area contributed by atoms with Crippen molar-refractivity contribution in [3.05, 3.63) is 28.8 Å². The van der Waals surface area contributed by atoms with Gasteiger partial charge < -0.3 is 14.8 Å². The third-order valence-electron chi connectivity index (χ3n) is 5.85. The molecule has 1 aliphatic carbocycles. The van der Waals surface area contributed by atoms with E-state index in [2.05, 4.69) is 12.2 Å². The van der Waals surface area contributed by atoms with Gasteiger partial charge in [-0.1, -0.05) is 31.4 Å². The topological polar surface area (TPSA) is 102 Å². The third-order valence-corrected chi connectivity index (χ3v) is 8.23. The molecule has 8 nitrogen and oxygen atoms in total. The zero-order chi connectivity index (χ0) is 22.6. The lowest BCUT2D eigenvalue weighted by Crippen LogP contribution is -2.46. The van der Waals surface area contributed by atoms with E-state index in [9.17, 15) is 18.0 Å². The number of carbonyl (C=O) groups is 2. The first-order valence-corrected chi connectivity index (χ1v) is 12.4. The van der Waals surface area contributed by atoms with Crippen LogP contribution < -0.4 is 5.32 Å². The highest BCUT2D eigenvalue weighted by Gasteiger charge is 2.30. The van der Waals surface area contributed by atoms with Gasteiger partial charge in [-0.25, -0.2) is 13.2 Å². The number of sulfonamides is 1. The van der Waals surface area contributed by atoms with E-state index in [1.54, 1.807) is 0 Å². The first-order valence-electron chi connectivity index (χ1n) is 10.6. The van der Waals surface area contributed by atoms with Crippen molar-refractivity contribution in [2.45, 2.75) is 56.6 Å². The Balaban J connectivity index is 1.68. The van der Waals surface area contributed by atoms with Gasteiger partial charge in [-0.05, 0) is 43.9 Å². The molecule has 10 heteroatoms. The SMILES string of the molecule is C[C@@H]1CCCC[C@H]1NC(=O)[C@@H](C)OC(=O)c1ccc(Cl)c(S(=O)(=O)N2CCOCC2)c1. The number of nitrogens with zero attached hydrogens (tertiary/aromatic N) is 1. The van der Waals surface area contributed by atoms with Crippen LogP contribution in [0.25, 0.3) is 0 Å². The number of amides is 1. The fraction of sp³-hybridized carbons (Fsp3) is 0.619. The summed E-state index contributed by atoms with van der Waals surface area (Å²) in [5.74, 6) is -0.763. The molecule has 1 N–H and O–H groups in total. The van der Waals surface area contributed by atoms with Crippen LogP contribution in [0.1, 0.15) is 49.9 Å². The van der Waals surface area contributed by atoms with E-state index in [4.69, 9.17) is 21.1 Å². The lowest BCUT2D eigenvalue weighted by atomic mass is 9.86. The van der Waals surface area contributed by atoms with E-state index in [-0.39, 0.29) is 40.5 Å². The molecule has 1 aromatic rings. The van der Waals surface area contributed by atoms with Gasteiger partial charge in [0.2, 0.25) is 10.0 Å². The van der Waals surface area contributed by atoms with E-state index in [1.807, 2.05) is 0 Å². The lowest BCUT2D eigenvalue weighted by Gasteiger charge is -2.30. The average Bonchev–Trinajstić information content (AvgIpc) is 2.76. The minimum absolute atomic E-state index is 0.0140. The second kappa shape index (κ2) is 10.3. The number of benzene rings is 1. The minimum atomic E-state index is -3.88. The predicted octanol–water partition coefficient (Wildman–Crippen LogP) is 2.60. The smallest absolute Gasteiger partial charge is 0.338 e. The molecule has 31 heavy (non-hydrogen) atoms. The Bertz CT molecular complexity index is 916. The van der Waals surface area contributed by atoms with Crippen LogP contribution in [0.2, 0.25) is 5.02 Å². The zero-order valence-corrected chi connectivity index (χ0v) is 19.4. The number of nitrogens with one attached hydrogen (secondary N) is 1. The summed E-state index contributed by atoms with van der Waals surface area (Å²) < 4.78 is 37.6. The van der Waals surface area contributed by atoms with Gasteiger partial charge in [-0.15, -0.1) is 0 Å². The Morgan fingerprint density at radius 1 is 1.23 bits per heavy atom. The van der Waals surface area contributed by atoms with Crippen LogP contribution in [-0.4, -0.2) is 63.0 Å². The van der Waals surface area contributed by atoms with Crippen LogP contribution in [0, 0.1) is 5.92 Å². The summed E-state index contributed by atoms with van der Waals surface area (Å²) in [6.07, 6.45) is 3.19. The molecule has 3 rings (SSSR count). The van der Waals surface area contributed by atoms with Crippen molar-refractivity contribution < 1.29 is 27.5 Å². The average molecular weight is 473 g/mol. The molecule has 0 unspecified atom stereocenters. The Morgan fingerprint density at radius 3 is 2.58 bits per heavy atom. The van der Waals surface area contributed by atoms with Gasteiger partial charge >= 0.3 is 5.97 Å². The molecule has 0 aromatic heterocycles. The summed E-state index contributed by atoms with van der Waals surface area (Å²) in [6, 6.07) is 4.00. The summed E-state index contributed by atoms with van der Waals surface area (Å²) in [6.45, 7) is 4.62. The standard InChI is InChI=1S/C21H29ClN2O6S/c1-14-5-3-4-6-18(14)23-20(25)15(2)30-21(26)16-7-8-17(22)19(13-16)31(27,28)24-9-11-29-12-10-24/h7-8,13-15,18H,3-6,9-12H2,1-2H3,(H,23,25)/t14-,15-,18-/m1/s1. The maximum atomic E-state index is 12.9. The minimum Gasteiger partial charge on any atom is -0.449 e. The highest BCUT2D eigenvalue weighted by Crippen LogP contribution is 2.27. The first-order chi connectivity index (χ1) is 14.7. The van der Waals surface area contributed by atoms with Crippen molar-refractivity contribution in [1.29, 1.82) is 0 Å². The van der Waals surface area contributed by atoms with Gasteiger partial charge in [0.1, 0.15) is 4.90 Å². The molecular weight excluding hydrogens is 444 g/mol. The van der Waals surface area contributed by atoms with Crippen LogP contribution in [0.5, 0.6) is 0 Å². The molecular formula is C21H29ClN2O6S. The largest absolute Gasteiger partial charge is 0.449 e. The lowest BCUT2D eigenvalue weighted by molar-refractivity contribution is -0.130. The molecule has 0 radical (unpaired) electrons. The number of hydrogen-bond donors (Lipinski definition) is 1. The Morgan fingerprint density at radius 2 is 1.90 bits per heavy atom. The van der Waals surface area contributed by atoms with Crippen LogP contribution in [-0.2, 0) is 24.3 Å². The summed E-state index contributed by atoms with van der Waals surface area (Å²) in [7, 11) is -3.88. The van der Waals surface area contributed by atoms with E-state index in [1.165, 1.54) is 29.4 Å². The Labute approximate surface area is 188 Å². The monoisotopic (exact) mass is 472 g/mol. The van der Waals surface area contributed by atoms with Gasteiger partial charge in [-0.2, -0.15) is 4.31 Å². The third kappa shape index (κ3) is 5.77. The van der Waals surface area contributed by atoms with Crippen molar-refractivity contribution in [3.63, 3.8) is 0 Å². The quantitative estimate of drug-likeness (QED) is 0.638. The molecule has 3 atom stereocenters. The summed E-state index contributed by atoms with van der Waals surface area (Å²) in [5, 5.41) is 2.98. The highest BCUT2D eigenvalue weighted by molar-refractivity contribution is 7.89. The van der Waals surface area contributed by atoms with Crippen molar-refractivity contribution in [3.8, 4) is 0 Å². The van der Waals surface area contributed by atoms with Gasteiger partial charge in [0.15, 0.2) is 6.10 Å². The molecule has 0 bridgehead atoms. The normalized spacial score (nSPS) is 23.7. The van der Waals surface area contributed by atoms with Crippen molar-refractivity contribution in [2.75, 3.05) is 26.3 Å². The second-order valence-corrected chi connectivity index (χ2v) is 10.4. The first kappa shape index (κ1) is 24.0. The maximum absolute atomic E-state index is 12.9. The Hall–Kier alpha value is -1.68. The molecule has 1 heterocycles. The zero-order valence-electron chi connectivity index (χ0n) is 17.8. The number of morpholine rings is 1. The number of carbonyl (C=O) groups excluding carboxylic acids is 2. The van der Waals surface area contributed by atoms with Gasteiger partial charge in [0.25, 0.3) is 5.91 Å². The van der Waals surface area contributed by atoms with Gasteiger partial charge in [-0.3, -0.25) is 4.79 Å². The second-order valence-electron chi connectivity index (χ2n) is 8.09. The number of halogens is 1. The van der Waals surface area contributed by atoms with Crippen molar-refractivity contribution in [2.24, 2.45) is 5.92 Å². The molecule has 172 valence electrons. The van der Waals surface area contributed by atoms with Crippen molar-refractivity contribution in [1.82, 2.24) is 9.62 Å². The van der Waals surface area contributed by atoms with Crippen LogP contribution in [0.4, 0.5) is 0 Å². The van der Waals surface area contributed by atoms with E-state index >= 15 is 0 Å². The molecule has 1 saturated heterocycles. The van der Waals surface area contributed by atoms with Crippen LogP contribution in [0.15, 0.2) is 23.1 Å². The fourth-order valence-electron chi connectivity index (χ4n) is 3.87. The molecule has 2 aliphatic rings. The van der Waals surface area contributed by atoms with Crippen LogP contribution in [0.3, 0.4) is 0 Å². The van der Waals surface area contributed by atoms with Gasteiger partial charge in [0.05, 0.1) is 23.8 Å². The van der Waals surface area contributed by atoms with E-state index in [0.717, 1.165) is 25.7 Å². The number of ether oxygens (including phenoxy) is 2. The number of hydrogen-bond acceptors (Lipinski definition) is 6. The summed E-state index contributed by atoms with van der Waals surface area (Å²) in [5.41, 5.74) is 0.0157. The Kier molecular flexibility index (Phi) is 7.96. The van der Waals surface area contributed by atoms with Gasteiger partial charge in [0, 0.05) is 19.1 Å². The molecule has 1 saturated carbocycles. The molecule has 0 spiro atoms. The molecule has 1 aromatic carbocycles. The fourth-order valence-corrected chi connectivity index (χ4v) is 5.78. The van der Waals surface area contributed by atoms with E-state index in [0.29, 0.717) is 19.1 Å². The summed E-state index contributed by atoms with van der Waals surface area (Å²) in [4.78, 5) is 24.9. The molecule has 2 fully saturated rings. The molecule has 1 aliphatic heterocycles. The highest BCUT2D eigenvalue weighted by atomic mass is 35.5. The predicted molar refractivity (Wildman–Crippen MR) is 115 cm³/mol. The maximum Gasteiger partial charge on any atom is 0.338 e. The van der Waals surface area contributed by atoms with Crippen molar-refractivity contribution >= 4 is 33.5 Å². The van der Waals surface area contributed by atoms with E-state index < -0.39 is 22.1 Å². The number of esters is 1. The number of rotatable bonds is 6. The molecule has 1 amide bonds.